The van der Waals surface area contributed by atoms with Crippen LogP contribution < -0.4 is 5.32 Å². The molecule has 0 radical (unpaired) electrons. The quantitative estimate of drug-likeness (QED) is 0.749. The highest BCUT2D eigenvalue weighted by Crippen LogP contribution is 2.21. The van der Waals surface area contributed by atoms with Crippen LogP contribution in [0, 0.1) is 5.92 Å². The molecule has 176 valence electrons. The molecule has 2 aliphatic heterocycles. The van der Waals surface area contributed by atoms with E-state index in [-0.39, 0.29) is 24.5 Å². The third kappa shape index (κ3) is 6.87. The highest BCUT2D eigenvalue weighted by molar-refractivity contribution is 5.86. The first kappa shape index (κ1) is 23.9. The summed E-state index contributed by atoms with van der Waals surface area (Å²) in [6, 6.07) is 8.97. The van der Waals surface area contributed by atoms with Crippen LogP contribution >= 0.6 is 0 Å². The molecule has 32 heavy (non-hydrogen) atoms. The summed E-state index contributed by atoms with van der Waals surface area (Å²) in [6.45, 7) is 7.96. The van der Waals surface area contributed by atoms with Crippen LogP contribution in [0.25, 0.3) is 0 Å². The molecule has 2 atom stereocenters. The summed E-state index contributed by atoms with van der Waals surface area (Å²) < 4.78 is 10.9. The van der Waals surface area contributed by atoms with E-state index >= 15 is 0 Å². The molecular formula is C24H35N3O5. The van der Waals surface area contributed by atoms with Gasteiger partial charge < -0.3 is 19.7 Å². The van der Waals surface area contributed by atoms with Gasteiger partial charge in [0.2, 0.25) is 5.91 Å². The summed E-state index contributed by atoms with van der Waals surface area (Å²) in [6.07, 6.45) is 2.45. The minimum absolute atomic E-state index is 0.159. The topological polar surface area (TPSA) is 88.2 Å². The number of nitrogens with one attached hydrogen (secondary N) is 1. The largest absolute Gasteiger partial charge is 0.445 e. The van der Waals surface area contributed by atoms with Crippen LogP contribution in [-0.4, -0.2) is 65.7 Å². The average molecular weight is 446 g/mol. The van der Waals surface area contributed by atoms with E-state index in [4.69, 9.17) is 9.47 Å². The van der Waals surface area contributed by atoms with Crippen LogP contribution in [0.4, 0.5) is 9.59 Å². The van der Waals surface area contributed by atoms with E-state index in [0.717, 1.165) is 24.8 Å². The maximum atomic E-state index is 12.8. The lowest BCUT2D eigenvalue weighted by Crippen LogP contribution is -2.49. The van der Waals surface area contributed by atoms with Crippen molar-refractivity contribution in [2.45, 2.75) is 64.7 Å². The lowest BCUT2D eigenvalue weighted by atomic mass is 9.98. The third-order valence-electron chi connectivity index (χ3n) is 5.73. The molecule has 1 aromatic carbocycles. The molecule has 1 N–H and O–H groups in total. The number of hydrogen-bond donors (Lipinski definition) is 1. The number of ether oxygens (including phenoxy) is 2. The molecule has 8 heteroatoms. The summed E-state index contributed by atoms with van der Waals surface area (Å²) in [7, 11) is 0. The van der Waals surface area contributed by atoms with E-state index in [1.54, 1.807) is 4.90 Å². The van der Waals surface area contributed by atoms with Gasteiger partial charge in [0.1, 0.15) is 18.2 Å². The Balaban J connectivity index is 1.46. The van der Waals surface area contributed by atoms with Crippen LogP contribution in [-0.2, 0) is 20.9 Å². The second-order valence-corrected chi connectivity index (χ2v) is 9.57. The van der Waals surface area contributed by atoms with Gasteiger partial charge in [0, 0.05) is 26.2 Å². The second-order valence-electron chi connectivity index (χ2n) is 9.57. The minimum atomic E-state index is -0.528. The number of carbonyl (C=O) groups is 3. The molecule has 3 rings (SSSR count). The molecule has 0 bridgehead atoms. The summed E-state index contributed by atoms with van der Waals surface area (Å²) in [5, 5.41) is 2.99. The number of piperidine rings is 1. The van der Waals surface area contributed by atoms with Crippen LogP contribution in [0.5, 0.6) is 0 Å². The van der Waals surface area contributed by atoms with E-state index < -0.39 is 17.7 Å². The summed E-state index contributed by atoms with van der Waals surface area (Å²) in [4.78, 5) is 40.9. The Bertz CT molecular complexity index is 793. The number of nitrogens with zero attached hydrogens (tertiary/aromatic N) is 2. The summed E-state index contributed by atoms with van der Waals surface area (Å²) in [5.41, 5.74) is 0.382. The number of benzene rings is 1. The first-order valence-corrected chi connectivity index (χ1v) is 11.5. The fourth-order valence-electron chi connectivity index (χ4n) is 4.15. The van der Waals surface area contributed by atoms with Gasteiger partial charge in [-0.25, -0.2) is 9.59 Å². The summed E-state index contributed by atoms with van der Waals surface area (Å²) in [5.74, 6) is 0.00802. The molecule has 2 fully saturated rings. The maximum absolute atomic E-state index is 12.8. The van der Waals surface area contributed by atoms with Crippen molar-refractivity contribution in [3.63, 3.8) is 0 Å². The zero-order valence-corrected chi connectivity index (χ0v) is 19.3. The number of amides is 3. The van der Waals surface area contributed by atoms with Crippen LogP contribution in [0.2, 0.25) is 0 Å². The Hall–Kier alpha value is -2.77. The van der Waals surface area contributed by atoms with Crippen molar-refractivity contribution in [2.75, 3.05) is 26.2 Å². The van der Waals surface area contributed by atoms with Gasteiger partial charge in [0.25, 0.3) is 0 Å². The first-order chi connectivity index (χ1) is 15.2. The highest BCUT2D eigenvalue weighted by Gasteiger charge is 2.35. The fourth-order valence-corrected chi connectivity index (χ4v) is 4.15. The molecule has 2 aliphatic rings. The molecule has 0 aromatic heterocycles. The molecular weight excluding hydrogens is 410 g/mol. The fraction of sp³-hybridized carbons (Fsp3) is 0.625. The zero-order chi connectivity index (χ0) is 23.1. The number of hydrogen-bond acceptors (Lipinski definition) is 5. The maximum Gasteiger partial charge on any atom is 0.410 e. The van der Waals surface area contributed by atoms with E-state index in [1.807, 2.05) is 51.1 Å². The standard InChI is InChI=1S/C24H35N3O5/c1-24(2,3)32-22(29)26-13-7-11-19(16-26)15-25-21(28)20-12-8-14-27(20)23(30)31-17-18-9-5-4-6-10-18/h4-6,9-10,19-20H,7-8,11-17H2,1-3H3,(H,25,28)/t19-,20-/m1/s1. The van der Waals surface area contributed by atoms with Crippen molar-refractivity contribution in [2.24, 2.45) is 5.92 Å². The van der Waals surface area contributed by atoms with Crippen LogP contribution in [0.15, 0.2) is 30.3 Å². The van der Waals surface area contributed by atoms with Gasteiger partial charge in [-0.1, -0.05) is 30.3 Å². The lowest BCUT2D eigenvalue weighted by molar-refractivity contribution is -0.125. The molecule has 8 nitrogen and oxygen atoms in total. The molecule has 0 unspecified atom stereocenters. The molecule has 1 aromatic rings. The Labute approximate surface area is 190 Å². The Morgan fingerprint density at radius 1 is 1.03 bits per heavy atom. The number of likely N-dealkylation sites (tertiary alicyclic amines) is 2. The Kier molecular flexibility index (Phi) is 7.99. The van der Waals surface area contributed by atoms with Crippen molar-refractivity contribution in [3.05, 3.63) is 35.9 Å². The smallest absolute Gasteiger partial charge is 0.410 e. The van der Waals surface area contributed by atoms with Gasteiger partial charge in [0.05, 0.1) is 0 Å². The van der Waals surface area contributed by atoms with Crippen molar-refractivity contribution < 1.29 is 23.9 Å². The second kappa shape index (κ2) is 10.7. The van der Waals surface area contributed by atoms with Crippen LogP contribution in [0.3, 0.4) is 0 Å². The van der Waals surface area contributed by atoms with Gasteiger partial charge in [0.15, 0.2) is 0 Å². The minimum Gasteiger partial charge on any atom is -0.445 e. The zero-order valence-electron chi connectivity index (χ0n) is 19.3. The van der Waals surface area contributed by atoms with E-state index in [0.29, 0.717) is 32.6 Å². The number of carbonyl (C=O) groups excluding carboxylic acids is 3. The highest BCUT2D eigenvalue weighted by atomic mass is 16.6. The normalized spacial score (nSPS) is 21.2. The third-order valence-corrected chi connectivity index (χ3v) is 5.73. The number of rotatable bonds is 5. The van der Waals surface area contributed by atoms with Crippen LogP contribution in [0.1, 0.15) is 52.0 Å². The molecule has 2 heterocycles. The van der Waals surface area contributed by atoms with Gasteiger partial charge in [-0.05, 0) is 57.9 Å². The van der Waals surface area contributed by atoms with Gasteiger partial charge >= 0.3 is 12.2 Å². The Morgan fingerprint density at radius 2 is 1.75 bits per heavy atom. The van der Waals surface area contributed by atoms with Crippen molar-refractivity contribution in [3.8, 4) is 0 Å². The van der Waals surface area contributed by atoms with E-state index in [9.17, 15) is 14.4 Å². The van der Waals surface area contributed by atoms with Gasteiger partial charge in [-0.15, -0.1) is 0 Å². The SMILES string of the molecule is CC(C)(C)OC(=O)N1CCC[C@H](CNC(=O)[C@H]2CCCN2C(=O)OCc2ccccc2)C1. The molecule has 0 saturated carbocycles. The monoisotopic (exact) mass is 445 g/mol. The predicted molar refractivity (Wildman–Crippen MR) is 120 cm³/mol. The Morgan fingerprint density at radius 3 is 2.47 bits per heavy atom. The molecule has 0 spiro atoms. The molecule has 2 saturated heterocycles. The van der Waals surface area contributed by atoms with Gasteiger partial charge in [-0.3, -0.25) is 9.69 Å². The van der Waals surface area contributed by atoms with E-state index in [2.05, 4.69) is 5.32 Å². The van der Waals surface area contributed by atoms with Crippen molar-refractivity contribution in [1.82, 2.24) is 15.1 Å². The predicted octanol–water partition coefficient (Wildman–Crippen LogP) is 3.55. The molecule has 0 aliphatic carbocycles. The molecule has 3 amide bonds. The lowest BCUT2D eigenvalue weighted by Gasteiger charge is -2.34. The van der Waals surface area contributed by atoms with Crippen molar-refractivity contribution in [1.29, 1.82) is 0 Å². The van der Waals surface area contributed by atoms with E-state index in [1.165, 1.54) is 4.90 Å². The van der Waals surface area contributed by atoms with Crippen molar-refractivity contribution >= 4 is 18.1 Å². The average Bonchev–Trinajstić information content (AvgIpc) is 3.26. The first-order valence-electron chi connectivity index (χ1n) is 11.5. The summed E-state index contributed by atoms with van der Waals surface area (Å²) >= 11 is 0. The van der Waals surface area contributed by atoms with Gasteiger partial charge in [-0.2, -0.15) is 0 Å².